The van der Waals surface area contributed by atoms with E-state index < -0.39 is 0 Å². The number of hydrogen-bond acceptors (Lipinski definition) is 8. The number of rotatable bonds is 8. The van der Waals surface area contributed by atoms with Gasteiger partial charge in [-0.15, -0.1) is 10.2 Å². The summed E-state index contributed by atoms with van der Waals surface area (Å²) in [6.07, 6.45) is 1.62. The maximum Gasteiger partial charge on any atom is 0.206 e. The first kappa shape index (κ1) is 19.4. The third-order valence-electron chi connectivity index (χ3n) is 4.08. The Kier molecular flexibility index (Phi) is 5.81. The van der Waals surface area contributed by atoms with Gasteiger partial charge in [0.25, 0.3) is 0 Å². The summed E-state index contributed by atoms with van der Waals surface area (Å²) in [6.45, 7) is 7.46. The number of thioether (sulfide) groups is 1. The fourth-order valence-electron chi connectivity index (χ4n) is 2.84. The van der Waals surface area contributed by atoms with Crippen LogP contribution in [0.1, 0.15) is 51.7 Å². The van der Waals surface area contributed by atoms with E-state index in [1.54, 1.807) is 20.1 Å². The minimum absolute atomic E-state index is 0.0444. The summed E-state index contributed by atoms with van der Waals surface area (Å²) in [5, 5.41) is 11.7. The van der Waals surface area contributed by atoms with Gasteiger partial charge in [-0.05, 0) is 45.4 Å². The number of nitrogens with one attached hydrogen (secondary N) is 2. The Labute approximate surface area is 165 Å². The zero-order valence-corrected chi connectivity index (χ0v) is 17.1. The minimum atomic E-state index is -0.354. The summed E-state index contributed by atoms with van der Waals surface area (Å²) in [4.78, 5) is 27.6. The summed E-state index contributed by atoms with van der Waals surface area (Å²) in [5.74, 6) is 0.701. The molecule has 0 fully saturated rings. The van der Waals surface area contributed by atoms with Crippen LogP contribution in [-0.2, 0) is 6.54 Å². The summed E-state index contributed by atoms with van der Waals surface area (Å²) >= 11 is 2.73. The topological polar surface area (TPSA) is 101 Å². The summed E-state index contributed by atoms with van der Waals surface area (Å²) in [7, 11) is 0. The number of aromatic amines is 1. The Balaban J connectivity index is 1.65. The number of furan rings is 1. The highest BCUT2D eigenvalue weighted by Gasteiger charge is 2.25. The fourth-order valence-corrected chi connectivity index (χ4v) is 4.79. The minimum Gasteiger partial charge on any atom is -0.467 e. The molecule has 0 saturated heterocycles. The maximum absolute atomic E-state index is 12.8. The lowest BCUT2D eigenvalue weighted by atomic mass is 10.0. The van der Waals surface area contributed by atoms with E-state index in [4.69, 9.17) is 4.42 Å². The quantitative estimate of drug-likeness (QED) is 0.427. The van der Waals surface area contributed by atoms with Crippen LogP contribution in [0.25, 0.3) is 0 Å². The fraction of sp³-hybridized carbons (Fsp3) is 0.333. The number of hydrogen-bond donors (Lipinski definition) is 2. The summed E-state index contributed by atoms with van der Waals surface area (Å²) in [5.41, 5.74) is 2.51. The molecule has 7 nitrogen and oxygen atoms in total. The molecular formula is C18H20N4O3S2. The molecule has 0 aliphatic carbocycles. The number of H-pyrrole nitrogens is 1. The molecule has 3 aromatic heterocycles. The van der Waals surface area contributed by atoms with E-state index in [-0.39, 0.29) is 16.8 Å². The van der Waals surface area contributed by atoms with Crippen LogP contribution in [0.15, 0.2) is 27.2 Å². The van der Waals surface area contributed by atoms with E-state index in [2.05, 4.69) is 20.5 Å². The van der Waals surface area contributed by atoms with Gasteiger partial charge in [-0.1, -0.05) is 23.1 Å². The van der Waals surface area contributed by atoms with Crippen LogP contribution in [0.5, 0.6) is 0 Å². The van der Waals surface area contributed by atoms with Gasteiger partial charge >= 0.3 is 0 Å². The van der Waals surface area contributed by atoms with E-state index in [0.29, 0.717) is 32.8 Å². The number of aryl methyl sites for hydroxylation is 1. The molecule has 0 bridgehead atoms. The Morgan fingerprint density at radius 1 is 1.37 bits per heavy atom. The second-order valence-electron chi connectivity index (χ2n) is 6.11. The van der Waals surface area contributed by atoms with Crippen molar-refractivity contribution in [2.24, 2.45) is 0 Å². The second kappa shape index (κ2) is 8.10. The predicted molar refractivity (Wildman–Crippen MR) is 106 cm³/mol. The van der Waals surface area contributed by atoms with Gasteiger partial charge in [-0.25, -0.2) is 0 Å². The summed E-state index contributed by atoms with van der Waals surface area (Å²) in [6, 6.07) is 3.70. The molecule has 0 radical (unpaired) electrons. The van der Waals surface area contributed by atoms with Crippen molar-refractivity contribution in [1.29, 1.82) is 0 Å². The smallest absolute Gasteiger partial charge is 0.206 e. The zero-order valence-electron chi connectivity index (χ0n) is 15.5. The predicted octanol–water partition coefficient (Wildman–Crippen LogP) is 4.25. The van der Waals surface area contributed by atoms with Crippen LogP contribution in [0.2, 0.25) is 0 Å². The van der Waals surface area contributed by atoms with Crippen molar-refractivity contribution in [3.05, 3.63) is 46.7 Å². The molecule has 9 heteroatoms. The number of nitrogens with zero attached hydrogens (tertiary/aromatic N) is 2. The number of carbonyl (C=O) groups excluding carboxylic acids is 2. The lowest BCUT2D eigenvalue weighted by molar-refractivity contribution is 0.0988. The lowest BCUT2D eigenvalue weighted by Crippen LogP contribution is -2.15. The van der Waals surface area contributed by atoms with Gasteiger partial charge in [0.1, 0.15) is 5.76 Å². The molecule has 3 heterocycles. The number of carbonyl (C=O) groups is 2. The molecule has 27 heavy (non-hydrogen) atoms. The SMILES string of the molecule is CC(=O)c1c(C)[nH]c(C(=O)[C@H](C)Sc2nnc(NCc3ccco3)s2)c1C. The molecule has 0 amide bonds. The molecule has 0 aromatic carbocycles. The molecule has 142 valence electrons. The van der Waals surface area contributed by atoms with Crippen LogP contribution in [0, 0.1) is 13.8 Å². The zero-order chi connectivity index (χ0) is 19.6. The highest BCUT2D eigenvalue weighted by atomic mass is 32.2. The van der Waals surface area contributed by atoms with Crippen LogP contribution in [0.4, 0.5) is 5.13 Å². The lowest BCUT2D eigenvalue weighted by Gasteiger charge is -2.07. The van der Waals surface area contributed by atoms with Crippen LogP contribution in [-0.4, -0.2) is 32.0 Å². The van der Waals surface area contributed by atoms with E-state index >= 15 is 0 Å². The highest BCUT2D eigenvalue weighted by molar-refractivity contribution is 8.02. The monoisotopic (exact) mass is 404 g/mol. The molecule has 3 rings (SSSR count). The Morgan fingerprint density at radius 2 is 2.15 bits per heavy atom. The third kappa shape index (κ3) is 4.30. The molecule has 0 saturated carbocycles. The van der Waals surface area contributed by atoms with Crippen molar-refractivity contribution in [2.75, 3.05) is 5.32 Å². The standard InChI is InChI=1S/C18H20N4O3S2/c1-9-14(11(3)23)10(2)20-15(9)16(24)12(4)26-18-22-21-17(27-18)19-8-13-6-5-7-25-13/h5-7,12,20H,8H2,1-4H3,(H,19,21)/t12-/m0/s1. The molecular weight excluding hydrogens is 384 g/mol. The van der Waals surface area contributed by atoms with E-state index in [1.165, 1.54) is 30.0 Å². The number of anilines is 1. The maximum atomic E-state index is 12.8. The van der Waals surface area contributed by atoms with Gasteiger partial charge in [-0.2, -0.15) is 0 Å². The van der Waals surface area contributed by atoms with Crippen LogP contribution >= 0.6 is 23.1 Å². The molecule has 0 unspecified atom stereocenters. The van der Waals surface area contributed by atoms with Crippen LogP contribution in [0.3, 0.4) is 0 Å². The number of aromatic nitrogens is 3. The van der Waals surface area contributed by atoms with E-state index in [1.807, 2.05) is 19.1 Å². The normalized spacial score (nSPS) is 12.1. The highest BCUT2D eigenvalue weighted by Crippen LogP contribution is 2.31. The first-order valence-electron chi connectivity index (χ1n) is 8.37. The molecule has 3 aromatic rings. The molecule has 2 N–H and O–H groups in total. The Bertz CT molecular complexity index is 960. The average Bonchev–Trinajstić information content (AvgIpc) is 3.33. The van der Waals surface area contributed by atoms with Crippen LogP contribution < -0.4 is 5.32 Å². The number of ketones is 2. The van der Waals surface area contributed by atoms with Gasteiger partial charge in [0.2, 0.25) is 5.13 Å². The van der Waals surface area contributed by atoms with Crippen molar-refractivity contribution in [2.45, 2.75) is 43.8 Å². The van der Waals surface area contributed by atoms with Crippen molar-refractivity contribution >= 4 is 39.8 Å². The van der Waals surface area contributed by atoms with Gasteiger partial charge in [-0.3, -0.25) is 9.59 Å². The molecule has 0 aliphatic rings. The van der Waals surface area contributed by atoms with E-state index in [0.717, 1.165) is 11.5 Å². The average molecular weight is 405 g/mol. The number of Topliss-reactive ketones (excluding diaryl/α,β-unsaturated/α-hetero) is 2. The molecule has 1 atom stereocenters. The van der Waals surface area contributed by atoms with Gasteiger partial charge in [0.15, 0.2) is 15.9 Å². The van der Waals surface area contributed by atoms with Gasteiger partial charge in [0, 0.05) is 11.3 Å². The summed E-state index contributed by atoms with van der Waals surface area (Å²) < 4.78 is 5.96. The van der Waals surface area contributed by atoms with Crippen molar-refractivity contribution < 1.29 is 14.0 Å². The second-order valence-corrected chi connectivity index (χ2v) is 8.68. The molecule has 0 spiro atoms. The first-order chi connectivity index (χ1) is 12.9. The molecule has 0 aliphatic heterocycles. The Hall–Kier alpha value is -2.39. The van der Waals surface area contributed by atoms with Gasteiger partial charge < -0.3 is 14.7 Å². The van der Waals surface area contributed by atoms with Gasteiger partial charge in [0.05, 0.1) is 23.8 Å². The van der Waals surface area contributed by atoms with Crippen molar-refractivity contribution in [1.82, 2.24) is 15.2 Å². The largest absolute Gasteiger partial charge is 0.467 e. The van der Waals surface area contributed by atoms with Crippen molar-refractivity contribution in [3.8, 4) is 0 Å². The third-order valence-corrected chi connectivity index (χ3v) is 6.15. The van der Waals surface area contributed by atoms with E-state index in [9.17, 15) is 9.59 Å². The Morgan fingerprint density at radius 3 is 2.78 bits per heavy atom. The first-order valence-corrected chi connectivity index (χ1v) is 10.1. The van der Waals surface area contributed by atoms with Crippen molar-refractivity contribution in [3.63, 3.8) is 0 Å².